The van der Waals surface area contributed by atoms with Gasteiger partial charge in [-0.2, -0.15) is 17.7 Å². The summed E-state index contributed by atoms with van der Waals surface area (Å²) in [4.78, 5) is 0. The number of pyridine rings is 1. The van der Waals surface area contributed by atoms with Gasteiger partial charge in [-0.1, -0.05) is 0 Å². The third kappa shape index (κ3) is 7.90. The highest BCUT2D eigenvalue weighted by Gasteiger charge is 2.46. The topological polar surface area (TPSA) is 96.1 Å². The minimum Gasteiger partial charge on any atom is -0.225 e. The van der Waals surface area contributed by atoms with Crippen LogP contribution in [0.2, 0.25) is 0 Å². The molecular weight excluding hydrogens is 298 g/mol. The Kier molecular flexibility index (Phi) is 6.60. The van der Waals surface area contributed by atoms with E-state index in [2.05, 4.69) is 0 Å². The molecule has 1 rings (SSSR count). The monoisotopic (exact) mass is 307 g/mol. The third-order valence-electron chi connectivity index (χ3n) is 1.86. The van der Waals surface area contributed by atoms with Crippen molar-refractivity contribution in [3.05, 3.63) is 30.1 Å². The van der Waals surface area contributed by atoms with Crippen molar-refractivity contribution in [3.8, 4) is 0 Å². The van der Waals surface area contributed by atoms with E-state index in [9.17, 15) is 17.6 Å². The van der Waals surface area contributed by atoms with Gasteiger partial charge in [-0.3, -0.25) is 0 Å². The standard InChI is InChI=1S/C9H10F4N.ClHO4/c1-2-14-6-4-3-5-7(14)8(10)9(11,12)13;2-1(3,4)5/h3-6,8H,2H2,1H3;(H,2,3,4,5)/q+1;/p-1. The minimum atomic E-state index is -4.94. The van der Waals surface area contributed by atoms with Crippen molar-refractivity contribution in [1.82, 2.24) is 0 Å². The number of hydrogen-bond donors (Lipinski definition) is 0. The van der Waals surface area contributed by atoms with E-state index in [1.807, 2.05) is 0 Å². The molecule has 0 saturated heterocycles. The molecule has 5 nitrogen and oxygen atoms in total. The summed E-state index contributed by atoms with van der Waals surface area (Å²) in [6.45, 7) is 1.97. The van der Waals surface area contributed by atoms with Gasteiger partial charge < -0.3 is 0 Å². The molecule has 0 aromatic carbocycles. The van der Waals surface area contributed by atoms with E-state index in [-0.39, 0.29) is 5.69 Å². The van der Waals surface area contributed by atoms with Crippen LogP contribution < -0.4 is 23.2 Å². The molecule has 1 atom stereocenters. The Morgan fingerprint density at radius 1 is 1.21 bits per heavy atom. The van der Waals surface area contributed by atoms with Crippen molar-refractivity contribution in [3.63, 3.8) is 0 Å². The molecule has 0 spiro atoms. The maximum Gasteiger partial charge on any atom is 0.429 e. The fraction of sp³-hybridized carbons (Fsp3) is 0.444. The van der Waals surface area contributed by atoms with Crippen LogP contribution in [-0.2, 0) is 6.54 Å². The molecule has 0 bridgehead atoms. The zero-order valence-electron chi connectivity index (χ0n) is 9.56. The smallest absolute Gasteiger partial charge is 0.225 e. The molecule has 0 aliphatic rings. The Bertz CT molecular complexity index is 391. The van der Waals surface area contributed by atoms with E-state index in [4.69, 9.17) is 18.6 Å². The molecule has 0 fully saturated rings. The Balaban J connectivity index is 0.000000555. The number of halogens is 5. The molecule has 0 aliphatic heterocycles. The summed E-state index contributed by atoms with van der Waals surface area (Å²) < 4.78 is 84.3. The quantitative estimate of drug-likeness (QED) is 0.458. The van der Waals surface area contributed by atoms with Crippen LogP contribution in [0.25, 0.3) is 0 Å². The highest BCUT2D eigenvalue weighted by molar-refractivity contribution is 5.02. The number of aryl methyl sites for hydroxylation is 1. The molecule has 0 saturated carbocycles. The van der Waals surface area contributed by atoms with Gasteiger partial charge in [-0.25, -0.2) is 23.0 Å². The summed E-state index contributed by atoms with van der Waals surface area (Å²) >= 11 is 0. The zero-order chi connectivity index (χ0) is 15.3. The van der Waals surface area contributed by atoms with Crippen LogP contribution in [0.4, 0.5) is 17.6 Å². The number of nitrogens with zero attached hydrogens (tertiary/aromatic N) is 1. The van der Waals surface area contributed by atoms with Crippen LogP contribution in [-0.4, -0.2) is 6.18 Å². The highest BCUT2D eigenvalue weighted by Crippen LogP contribution is 2.33. The Labute approximate surface area is 108 Å². The predicted molar refractivity (Wildman–Crippen MR) is 42.2 cm³/mol. The van der Waals surface area contributed by atoms with Gasteiger partial charge in [0.05, 0.1) is 0 Å². The summed E-state index contributed by atoms with van der Waals surface area (Å²) in [5, 5.41) is 0. The Morgan fingerprint density at radius 3 is 2.05 bits per heavy atom. The minimum absolute atomic E-state index is 0.312. The highest BCUT2D eigenvalue weighted by atomic mass is 35.7. The van der Waals surface area contributed by atoms with Gasteiger partial charge >= 0.3 is 6.18 Å². The maximum atomic E-state index is 12.9. The number of aromatic nitrogens is 1. The lowest BCUT2D eigenvalue weighted by molar-refractivity contribution is -2.00. The summed E-state index contributed by atoms with van der Waals surface area (Å²) in [6, 6.07) is 4.09. The van der Waals surface area contributed by atoms with Crippen molar-refractivity contribution in [2.75, 3.05) is 0 Å². The average Bonchev–Trinajstić information content (AvgIpc) is 2.24. The second-order valence-electron chi connectivity index (χ2n) is 3.19. The maximum absolute atomic E-state index is 12.9. The first-order valence-electron chi connectivity index (χ1n) is 4.77. The van der Waals surface area contributed by atoms with E-state index >= 15 is 0 Å². The average molecular weight is 308 g/mol. The molecule has 1 aromatic heterocycles. The van der Waals surface area contributed by atoms with E-state index in [0.29, 0.717) is 6.54 Å². The molecule has 1 unspecified atom stereocenters. The van der Waals surface area contributed by atoms with Crippen LogP contribution >= 0.6 is 0 Å². The molecule has 110 valence electrons. The summed E-state index contributed by atoms with van der Waals surface area (Å²) in [7, 11) is -4.94. The second-order valence-corrected chi connectivity index (χ2v) is 3.95. The van der Waals surface area contributed by atoms with Gasteiger partial charge in [0.25, 0.3) is 6.17 Å². The molecule has 19 heavy (non-hydrogen) atoms. The molecule has 0 radical (unpaired) electrons. The van der Waals surface area contributed by atoms with E-state index < -0.39 is 22.6 Å². The first-order chi connectivity index (χ1) is 8.46. The Hall–Kier alpha value is -1.00. The lowest BCUT2D eigenvalue weighted by Gasteiger charge is -2.17. The lowest BCUT2D eigenvalue weighted by atomic mass is 10.2. The van der Waals surface area contributed by atoms with Crippen LogP contribution in [0, 0.1) is 10.2 Å². The van der Waals surface area contributed by atoms with Gasteiger partial charge in [0.2, 0.25) is 5.69 Å². The molecule has 0 N–H and O–H groups in total. The fourth-order valence-electron chi connectivity index (χ4n) is 1.18. The largest absolute Gasteiger partial charge is 0.429 e. The molecule has 10 heteroatoms. The van der Waals surface area contributed by atoms with Gasteiger partial charge in [0, 0.05) is 12.1 Å². The number of rotatable bonds is 2. The predicted octanol–water partition coefficient (Wildman–Crippen LogP) is -2.19. The van der Waals surface area contributed by atoms with Crippen molar-refractivity contribution >= 4 is 0 Å². The first kappa shape index (κ1) is 18.0. The number of hydrogen-bond acceptors (Lipinski definition) is 4. The first-order valence-corrected chi connectivity index (χ1v) is 6.01. The van der Waals surface area contributed by atoms with Crippen molar-refractivity contribution in [1.29, 1.82) is 0 Å². The van der Waals surface area contributed by atoms with Gasteiger partial charge in [-0.05, 0) is 13.0 Å². The molecule has 0 amide bonds. The SMILES string of the molecule is CC[n+]1ccccc1C(F)C(F)(F)F.[O-][Cl+3]([O-])([O-])[O-]. The van der Waals surface area contributed by atoms with Crippen molar-refractivity contribution in [2.24, 2.45) is 0 Å². The normalized spacial score (nSPS) is 13.5. The van der Waals surface area contributed by atoms with Crippen molar-refractivity contribution in [2.45, 2.75) is 25.8 Å². The van der Waals surface area contributed by atoms with E-state index in [1.54, 1.807) is 13.0 Å². The molecular formula is C9H10ClF4NO4. The molecule has 0 aliphatic carbocycles. The molecule has 1 heterocycles. The van der Waals surface area contributed by atoms with Crippen LogP contribution in [0.15, 0.2) is 24.4 Å². The summed E-state index contributed by atoms with van der Waals surface area (Å²) in [6.07, 6.45) is -6.32. The fourth-order valence-corrected chi connectivity index (χ4v) is 1.18. The van der Waals surface area contributed by atoms with Crippen LogP contribution in [0.5, 0.6) is 0 Å². The van der Waals surface area contributed by atoms with Crippen LogP contribution in [0.3, 0.4) is 0 Å². The van der Waals surface area contributed by atoms with E-state index in [0.717, 1.165) is 6.07 Å². The van der Waals surface area contributed by atoms with Gasteiger partial charge in [-0.15, -0.1) is 10.2 Å². The lowest BCUT2D eigenvalue weighted by Crippen LogP contribution is -2.68. The molecule has 1 aromatic rings. The number of alkyl halides is 4. The van der Waals surface area contributed by atoms with Crippen LogP contribution in [0.1, 0.15) is 18.8 Å². The summed E-state index contributed by atoms with van der Waals surface area (Å²) in [5.41, 5.74) is -0.359. The van der Waals surface area contributed by atoms with Crippen molar-refractivity contribution < 1.29 is 51.0 Å². The third-order valence-corrected chi connectivity index (χ3v) is 1.86. The summed E-state index contributed by atoms with van der Waals surface area (Å²) in [5.74, 6) is 0. The zero-order valence-corrected chi connectivity index (χ0v) is 10.3. The Morgan fingerprint density at radius 2 is 1.68 bits per heavy atom. The van der Waals surface area contributed by atoms with Gasteiger partial charge in [0.1, 0.15) is 6.54 Å². The second kappa shape index (κ2) is 6.96. The van der Waals surface area contributed by atoms with Gasteiger partial charge in [0.15, 0.2) is 6.20 Å². The van der Waals surface area contributed by atoms with E-state index in [1.165, 1.54) is 16.8 Å².